The molecule has 2 aromatic rings. The summed E-state index contributed by atoms with van der Waals surface area (Å²) in [4.78, 5) is 23.0. The van der Waals surface area contributed by atoms with Gasteiger partial charge in [0.2, 0.25) is 0 Å². The van der Waals surface area contributed by atoms with Gasteiger partial charge in [-0.2, -0.15) is 0 Å². The lowest BCUT2D eigenvalue weighted by Crippen LogP contribution is -2.13. The van der Waals surface area contributed by atoms with E-state index in [-0.39, 0.29) is 17.2 Å². The molecule has 0 aliphatic heterocycles. The van der Waals surface area contributed by atoms with Crippen LogP contribution in [0.2, 0.25) is 0 Å². The molecular formula is C16H15NO4. The van der Waals surface area contributed by atoms with E-state index in [0.717, 1.165) is 11.1 Å². The van der Waals surface area contributed by atoms with Crippen LogP contribution in [0, 0.1) is 13.8 Å². The van der Waals surface area contributed by atoms with E-state index >= 15 is 0 Å². The highest BCUT2D eigenvalue weighted by molar-refractivity contribution is 6.05. The number of aromatic carboxylic acids is 1. The number of hydrogen-bond acceptors (Lipinski definition) is 3. The quantitative estimate of drug-likeness (QED) is 0.809. The number of anilines is 1. The van der Waals surface area contributed by atoms with Gasteiger partial charge < -0.3 is 15.5 Å². The van der Waals surface area contributed by atoms with Crippen LogP contribution in [0.4, 0.5) is 5.69 Å². The van der Waals surface area contributed by atoms with Crippen molar-refractivity contribution in [3.8, 4) is 5.75 Å². The summed E-state index contributed by atoms with van der Waals surface area (Å²) in [5.41, 5.74) is 2.57. The summed E-state index contributed by atoms with van der Waals surface area (Å²) in [6.45, 7) is 3.78. The lowest BCUT2D eigenvalue weighted by Gasteiger charge is -2.09. The van der Waals surface area contributed by atoms with Crippen LogP contribution >= 0.6 is 0 Å². The number of carbonyl (C=O) groups is 2. The van der Waals surface area contributed by atoms with Crippen LogP contribution in [0.25, 0.3) is 0 Å². The van der Waals surface area contributed by atoms with Crippen molar-refractivity contribution < 1.29 is 19.8 Å². The maximum atomic E-state index is 12.2. The summed E-state index contributed by atoms with van der Waals surface area (Å²) in [6.07, 6.45) is 0. The van der Waals surface area contributed by atoms with Crippen molar-refractivity contribution >= 4 is 17.6 Å². The van der Waals surface area contributed by atoms with E-state index in [1.165, 1.54) is 18.2 Å². The van der Waals surface area contributed by atoms with E-state index in [1.54, 1.807) is 6.07 Å². The number of carbonyl (C=O) groups excluding carboxylic acids is 1. The normalized spacial score (nSPS) is 10.2. The molecule has 0 heterocycles. The number of carboxylic acid groups (broad SMARTS) is 1. The lowest BCUT2D eigenvalue weighted by atomic mass is 10.1. The van der Waals surface area contributed by atoms with Crippen LogP contribution < -0.4 is 5.32 Å². The fourth-order valence-electron chi connectivity index (χ4n) is 2.06. The predicted octanol–water partition coefficient (Wildman–Crippen LogP) is 2.96. The molecule has 2 rings (SSSR count). The number of benzene rings is 2. The van der Waals surface area contributed by atoms with Gasteiger partial charge in [0.25, 0.3) is 5.91 Å². The first kappa shape index (κ1) is 14.6. The van der Waals surface area contributed by atoms with E-state index in [4.69, 9.17) is 5.11 Å². The highest BCUT2D eigenvalue weighted by Gasteiger charge is 2.13. The third kappa shape index (κ3) is 3.20. The molecule has 0 unspecified atom stereocenters. The fourth-order valence-corrected chi connectivity index (χ4v) is 2.06. The summed E-state index contributed by atoms with van der Waals surface area (Å²) in [5.74, 6) is -1.92. The summed E-state index contributed by atoms with van der Waals surface area (Å²) >= 11 is 0. The number of carboxylic acids is 1. The van der Waals surface area contributed by atoms with Crippen molar-refractivity contribution in [3.05, 3.63) is 58.7 Å². The largest absolute Gasteiger partial charge is 0.507 e. The van der Waals surface area contributed by atoms with Crippen LogP contribution in [-0.4, -0.2) is 22.1 Å². The molecule has 0 aliphatic carbocycles. The van der Waals surface area contributed by atoms with Gasteiger partial charge in [0.05, 0.1) is 0 Å². The van der Waals surface area contributed by atoms with Crippen LogP contribution in [0.5, 0.6) is 5.75 Å². The van der Waals surface area contributed by atoms with Gasteiger partial charge in [-0.1, -0.05) is 17.7 Å². The van der Waals surface area contributed by atoms with E-state index in [1.807, 2.05) is 26.0 Å². The molecule has 2 aromatic carbocycles. The van der Waals surface area contributed by atoms with E-state index in [0.29, 0.717) is 11.3 Å². The summed E-state index contributed by atoms with van der Waals surface area (Å²) in [6, 6.07) is 9.36. The minimum atomic E-state index is -1.22. The lowest BCUT2D eigenvalue weighted by molar-refractivity contribution is 0.0693. The Balaban J connectivity index is 2.23. The topological polar surface area (TPSA) is 86.6 Å². The molecule has 0 atom stereocenters. The number of phenols is 1. The second-order valence-corrected chi connectivity index (χ2v) is 4.81. The molecule has 0 aliphatic rings. The van der Waals surface area contributed by atoms with Crippen molar-refractivity contribution in [2.24, 2.45) is 0 Å². The standard InChI is InChI=1S/C16H15NO4/c1-9-3-5-12(10(2)7-9)15(19)17-11-4-6-13(16(20)21)14(18)8-11/h3-8,18H,1-2H3,(H,17,19)(H,20,21). The number of aryl methyl sites for hydroxylation is 2. The van der Waals surface area contributed by atoms with Crippen molar-refractivity contribution in [1.82, 2.24) is 0 Å². The molecule has 0 spiro atoms. The maximum absolute atomic E-state index is 12.2. The van der Waals surface area contributed by atoms with Crippen LogP contribution in [-0.2, 0) is 0 Å². The minimum Gasteiger partial charge on any atom is -0.507 e. The second-order valence-electron chi connectivity index (χ2n) is 4.81. The Labute approximate surface area is 121 Å². The summed E-state index contributed by atoms with van der Waals surface area (Å²) in [7, 11) is 0. The highest BCUT2D eigenvalue weighted by Crippen LogP contribution is 2.22. The predicted molar refractivity (Wildman–Crippen MR) is 78.9 cm³/mol. The Morgan fingerprint density at radius 1 is 1.00 bits per heavy atom. The number of hydrogen-bond donors (Lipinski definition) is 3. The zero-order valence-electron chi connectivity index (χ0n) is 11.7. The maximum Gasteiger partial charge on any atom is 0.339 e. The number of rotatable bonds is 3. The average Bonchev–Trinajstić information content (AvgIpc) is 2.37. The van der Waals surface area contributed by atoms with Gasteiger partial charge in [-0.3, -0.25) is 4.79 Å². The third-order valence-electron chi connectivity index (χ3n) is 3.11. The second kappa shape index (κ2) is 5.66. The van der Waals surface area contributed by atoms with Crippen LogP contribution in [0.15, 0.2) is 36.4 Å². The van der Waals surface area contributed by atoms with E-state index in [2.05, 4.69) is 5.32 Å². The van der Waals surface area contributed by atoms with E-state index < -0.39 is 5.97 Å². The van der Waals surface area contributed by atoms with Gasteiger partial charge in [-0.05, 0) is 37.6 Å². The molecular weight excluding hydrogens is 270 g/mol. The first-order chi connectivity index (χ1) is 9.88. The van der Waals surface area contributed by atoms with Crippen molar-refractivity contribution in [2.75, 3.05) is 5.32 Å². The molecule has 21 heavy (non-hydrogen) atoms. The number of amides is 1. The van der Waals surface area contributed by atoms with Gasteiger partial charge >= 0.3 is 5.97 Å². The zero-order valence-corrected chi connectivity index (χ0v) is 11.7. The van der Waals surface area contributed by atoms with Crippen molar-refractivity contribution in [2.45, 2.75) is 13.8 Å². The molecule has 0 saturated carbocycles. The molecule has 0 saturated heterocycles. The Kier molecular flexibility index (Phi) is 3.93. The summed E-state index contributed by atoms with van der Waals surface area (Å²) in [5, 5.41) is 21.1. The SMILES string of the molecule is Cc1ccc(C(=O)Nc2ccc(C(=O)O)c(O)c2)c(C)c1. The molecule has 0 bridgehead atoms. The third-order valence-corrected chi connectivity index (χ3v) is 3.11. The Morgan fingerprint density at radius 2 is 1.67 bits per heavy atom. The van der Waals surface area contributed by atoms with Crippen molar-refractivity contribution in [3.63, 3.8) is 0 Å². The van der Waals surface area contributed by atoms with Gasteiger partial charge in [0.1, 0.15) is 11.3 Å². The molecule has 0 fully saturated rings. The summed E-state index contributed by atoms with van der Waals surface area (Å²) < 4.78 is 0. The van der Waals surface area contributed by atoms with E-state index in [9.17, 15) is 14.7 Å². The van der Waals surface area contributed by atoms with Crippen LogP contribution in [0.3, 0.4) is 0 Å². The Hall–Kier alpha value is -2.82. The molecule has 5 heteroatoms. The Bertz CT molecular complexity index is 722. The molecule has 3 N–H and O–H groups in total. The molecule has 0 aromatic heterocycles. The highest BCUT2D eigenvalue weighted by atomic mass is 16.4. The average molecular weight is 285 g/mol. The first-order valence-electron chi connectivity index (χ1n) is 6.33. The van der Waals surface area contributed by atoms with Gasteiger partial charge in [-0.15, -0.1) is 0 Å². The molecule has 0 radical (unpaired) electrons. The number of nitrogens with one attached hydrogen (secondary N) is 1. The zero-order chi connectivity index (χ0) is 15.6. The number of aromatic hydroxyl groups is 1. The monoisotopic (exact) mass is 285 g/mol. The van der Waals surface area contributed by atoms with Gasteiger partial charge in [0, 0.05) is 17.3 Å². The van der Waals surface area contributed by atoms with Gasteiger partial charge in [-0.25, -0.2) is 4.79 Å². The first-order valence-corrected chi connectivity index (χ1v) is 6.33. The fraction of sp³-hybridized carbons (Fsp3) is 0.125. The van der Waals surface area contributed by atoms with Gasteiger partial charge in [0.15, 0.2) is 0 Å². The van der Waals surface area contributed by atoms with Crippen molar-refractivity contribution in [1.29, 1.82) is 0 Å². The minimum absolute atomic E-state index is 0.209. The molecule has 5 nitrogen and oxygen atoms in total. The van der Waals surface area contributed by atoms with Crippen LogP contribution in [0.1, 0.15) is 31.8 Å². The molecule has 1 amide bonds. The molecule has 108 valence electrons. The smallest absolute Gasteiger partial charge is 0.339 e. The Morgan fingerprint density at radius 3 is 2.24 bits per heavy atom.